The minimum atomic E-state index is -0.885. The number of aryl methyl sites for hydroxylation is 1. The van der Waals surface area contributed by atoms with Crippen molar-refractivity contribution in [2.75, 3.05) is 6.54 Å². The third-order valence-electron chi connectivity index (χ3n) is 2.93. The van der Waals surface area contributed by atoms with Gasteiger partial charge in [0.05, 0.1) is 11.3 Å². The Morgan fingerprint density at radius 3 is 2.47 bits per heavy atom. The van der Waals surface area contributed by atoms with Crippen LogP contribution in [0.5, 0.6) is 0 Å². The first-order valence-electron chi connectivity index (χ1n) is 6.37. The number of hydrogen-bond acceptors (Lipinski definition) is 3. The third kappa shape index (κ3) is 4.06. The van der Waals surface area contributed by atoms with Crippen LogP contribution in [0.3, 0.4) is 0 Å². The van der Waals surface area contributed by atoms with Crippen LogP contribution in [0, 0.1) is 0 Å². The van der Waals surface area contributed by atoms with Crippen LogP contribution in [0.2, 0.25) is 0 Å². The largest absolute Gasteiger partial charge is 0.481 e. The number of rotatable bonds is 5. The van der Waals surface area contributed by atoms with Gasteiger partial charge in [-0.15, -0.1) is 11.3 Å². The second-order valence-corrected chi connectivity index (χ2v) is 6.32. The number of carboxylic acid groups (broad SMARTS) is 1. The van der Waals surface area contributed by atoms with E-state index < -0.39 is 5.97 Å². The lowest BCUT2D eigenvalue weighted by atomic mass is 10.0. The van der Waals surface area contributed by atoms with Crippen LogP contribution in [-0.4, -0.2) is 34.0 Å². The summed E-state index contributed by atoms with van der Waals surface area (Å²) in [7, 11) is 0. The van der Waals surface area contributed by atoms with Crippen LogP contribution in [0.1, 0.15) is 49.4 Å². The number of amides is 1. The van der Waals surface area contributed by atoms with Gasteiger partial charge in [0.2, 0.25) is 0 Å². The summed E-state index contributed by atoms with van der Waals surface area (Å²) >= 11 is 1.42. The molecule has 0 bridgehead atoms. The molecule has 1 rings (SSSR count). The van der Waals surface area contributed by atoms with E-state index in [-0.39, 0.29) is 24.4 Å². The molecule has 0 fully saturated rings. The zero-order chi connectivity index (χ0) is 14.6. The summed E-state index contributed by atoms with van der Waals surface area (Å²) in [6.45, 7) is 8.01. The van der Waals surface area contributed by atoms with Crippen LogP contribution in [0.15, 0.2) is 11.4 Å². The SMILES string of the molecule is CCc1ccsc1C(=O)N(CCC(=O)O)C(C)(C)C. The van der Waals surface area contributed by atoms with Crippen molar-refractivity contribution in [2.45, 2.75) is 46.1 Å². The molecule has 0 aliphatic heterocycles. The molecule has 1 aromatic rings. The summed E-state index contributed by atoms with van der Waals surface area (Å²) in [5, 5.41) is 10.7. The van der Waals surface area contributed by atoms with E-state index in [0.717, 1.165) is 16.9 Å². The Kier molecular flexibility index (Phi) is 5.11. The maximum atomic E-state index is 12.6. The Balaban J connectivity index is 2.98. The molecule has 19 heavy (non-hydrogen) atoms. The molecule has 1 heterocycles. The number of carbonyl (C=O) groups is 2. The summed E-state index contributed by atoms with van der Waals surface area (Å²) in [5.41, 5.74) is 0.640. The van der Waals surface area contributed by atoms with Gasteiger partial charge in [-0.3, -0.25) is 9.59 Å². The van der Waals surface area contributed by atoms with Gasteiger partial charge in [-0.05, 0) is 44.2 Å². The zero-order valence-electron chi connectivity index (χ0n) is 11.9. The fourth-order valence-corrected chi connectivity index (χ4v) is 2.82. The molecule has 5 heteroatoms. The van der Waals surface area contributed by atoms with Gasteiger partial charge in [-0.2, -0.15) is 0 Å². The summed E-state index contributed by atoms with van der Waals surface area (Å²) in [5.74, 6) is -0.954. The lowest BCUT2D eigenvalue weighted by Gasteiger charge is -2.35. The monoisotopic (exact) mass is 283 g/mol. The average Bonchev–Trinajstić information content (AvgIpc) is 2.74. The van der Waals surface area contributed by atoms with E-state index in [1.165, 1.54) is 11.3 Å². The Hall–Kier alpha value is -1.36. The van der Waals surface area contributed by atoms with Gasteiger partial charge in [0.25, 0.3) is 5.91 Å². The lowest BCUT2D eigenvalue weighted by Crippen LogP contribution is -2.46. The number of aliphatic carboxylic acids is 1. The molecule has 0 aliphatic rings. The van der Waals surface area contributed by atoms with Crippen LogP contribution < -0.4 is 0 Å². The van der Waals surface area contributed by atoms with E-state index in [2.05, 4.69) is 0 Å². The highest BCUT2D eigenvalue weighted by Crippen LogP contribution is 2.24. The maximum Gasteiger partial charge on any atom is 0.305 e. The van der Waals surface area contributed by atoms with Gasteiger partial charge in [0.15, 0.2) is 0 Å². The normalized spacial score (nSPS) is 11.4. The number of carboxylic acids is 1. The summed E-state index contributed by atoms with van der Waals surface area (Å²) in [4.78, 5) is 25.7. The Bertz CT molecular complexity index is 460. The van der Waals surface area contributed by atoms with Crippen molar-refractivity contribution < 1.29 is 14.7 Å². The predicted molar refractivity (Wildman–Crippen MR) is 76.7 cm³/mol. The number of nitrogens with zero attached hydrogens (tertiary/aromatic N) is 1. The molecule has 106 valence electrons. The van der Waals surface area contributed by atoms with Crippen LogP contribution in [0.4, 0.5) is 0 Å². The molecule has 0 unspecified atom stereocenters. The molecule has 0 aliphatic carbocycles. The van der Waals surface area contributed by atoms with E-state index in [4.69, 9.17) is 5.11 Å². The second-order valence-electron chi connectivity index (χ2n) is 5.40. The van der Waals surface area contributed by atoms with Crippen molar-refractivity contribution in [3.63, 3.8) is 0 Å². The fourth-order valence-electron chi connectivity index (χ4n) is 1.87. The molecule has 1 amide bonds. The highest BCUT2D eigenvalue weighted by atomic mass is 32.1. The van der Waals surface area contributed by atoms with Gasteiger partial charge in [0.1, 0.15) is 0 Å². The molecule has 0 saturated heterocycles. The van der Waals surface area contributed by atoms with E-state index >= 15 is 0 Å². The highest BCUT2D eigenvalue weighted by molar-refractivity contribution is 7.12. The minimum Gasteiger partial charge on any atom is -0.481 e. The van der Waals surface area contributed by atoms with E-state index in [1.807, 2.05) is 39.1 Å². The van der Waals surface area contributed by atoms with Crippen molar-refractivity contribution in [2.24, 2.45) is 0 Å². The Morgan fingerprint density at radius 1 is 1.37 bits per heavy atom. The quantitative estimate of drug-likeness (QED) is 0.903. The molecule has 0 spiro atoms. The van der Waals surface area contributed by atoms with Crippen molar-refractivity contribution >= 4 is 23.2 Å². The van der Waals surface area contributed by atoms with Gasteiger partial charge in [-0.25, -0.2) is 0 Å². The van der Waals surface area contributed by atoms with Gasteiger partial charge in [0, 0.05) is 12.1 Å². The molecular formula is C14H21NO3S. The van der Waals surface area contributed by atoms with Gasteiger partial charge >= 0.3 is 5.97 Å². The molecule has 1 N–H and O–H groups in total. The first-order valence-corrected chi connectivity index (χ1v) is 7.25. The van der Waals surface area contributed by atoms with Crippen molar-refractivity contribution in [1.29, 1.82) is 0 Å². The van der Waals surface area contributed by atoms with Crippen LogP contribution in [-0.2, 0) is 11.2 Å². The molecular weight excluding hydrogens is 262 g/mol. The van der Waals surface area contributed by atoms with E-state index in [9.17, 15) is 9.59 Å². The second kappa shape index (κ2) is 6.19. The van der Waals surface area contributed by atoms with Crippen LogP contribution in [0.25, 0.3) is 0 Å². The Morgan fingerprint density at radius 2 is 2.00 bits per heavy atom. The highest BCUT2D eigenvalue weighted by Gasteiger charge is 2.29. The molecule has 0 saturated carbocycles. The first-order chi connectivity index (χ1) is 8.77. The smallest absolute Gasteiger partial charge is 0.305 e. The maximum absolute atomic E-state index is 12.6. The molecule has 0 aromatic carbocycles. The molecule has 0 radical (unpaired) electrons. The molecule has 0 atom stereocenters. The van der Waals surface area contributed by atoms with E-state index in [1.54, 1.807) is 4.90 Å². The van der Waals surface area contributed by atoms with E-state index in [0.29, 0.717) is 0 Å². The first kappa shape index (κ1) is 15.7. The summed E-state index contributed by atoms with van der Waals surface area (Å²) in [6.07, 6.45) is 0.775. The minimum absolute atomic E-state index is 0.0319. The van der Waals surface area contributed by atoms with Gasteiger partial charge < -0.3 is 10.0 Å². The Labute approximate surface area is 118 Å². The third-order valence-corrected chi connectivity index (χ3v) is 3.87. The summed E-state index contributed by atoms with van der Waals surface area (Å²) in [6, 6.07) is 1.95. The fraction of sp³-hybridized carbons (Fsp3) is 0.571. The molecule has 1 aromatic heterocycles. The molecule has 4 nitrogen and oxygen atoms in total. The topological polar surface area (TPSA) is 57.6 Å². The summed E-state index contributed by atoms with van der Waals surface area (Å²) < 4.78 is 0. The van der Waals surface area contributed by atoms with Crippen LogP contribution >= 0.6 is 11.3 Å². The number of carbonyl (C=O) groups excluding carboxylic acids is 1. The predicted octanol–water partition coefficient (Wildman–Crippen LogP) is 3.03. The van der Waals surface area contributed by atoms with Gasteiger partial charge in [-0.1, -0.05) is 6.92 Å². The number of hydrogen-bond donors (Lipinski definition) is 1. The standard InChI is InChI=1S/C14H21NO3S/c1-5-10-7-9-19-12(10)13(18)15(14(2,3)4)8-6-11(16)17/h7,9H,5-6,8H2,1-4H3,(H,16,17). The van der Waals surface area contributed by atoms with Crippen molar-refractivity contribution in [3.05, 3.63) is 21.9 Å². The number of thiophene rings is 1. The zero-order valence-corrected chi connectivity index (χ0v) is 12.7. The van der Waals surface area contributed by atoms with Crippen molar-refractivity contribution in [3.8, 4) is 0 Å². The average molecular weight is 283 g/mol. The lowest BCUT2D eigenvalue weighted by molar-refractivity contribution is -0.137. The van der Waals surface area contributed by atoms with Crippen molar-refractivity contribution in [1.82, 2.24) is 4.90 Å².